The predicted octanol–water partition coefficient (Wildman–Crippen LogP) is 8.16. The van der Waals surface area contributed by atoms with E-state index in [9.17, 15) is 4.79 Å². The summed E-state index contributed by atoms with van der Waals surface area (Å²) in [5.41, 5.74) is 2.13. The van der Waals surface area contributed by atoms with Gasteiger partial charge in [-0.3, -0.25) is 4.79 Å². The first kappa shape index (κ1) is 22.3. The molecule has 0 amide bonds. The third-order valence-electron chi connectivity index (χ3n) is 6.13. The average molecular weight is 404 g/mol. The van der Waals surface area contributed by atoms with Gasteiger partial charge in [0.25, 0.3) is 0 Å². The monoisotopic (exact) mass is 403 g/mol. The van der Waals surface area contributed by atoms with Crippen molar-refractivity contribution in [1.82, 2.24) is 0 Å². The lowest BCUT2D eigenvalue weighted by Gasteiger charge is -2.25. The molecule has 0 spiro atoms. The van der Waals surface area contributed by atoms with Crippen LogP contribution < -0.4 is 4.90 Å². The minimum absolute atomic E-state index is 0.129. The molecule has 0 radical (unpaired) electrons. The summed E-state index contributed by atoms with van der Waals surface area (Å²) in [7, 11) is 0. The molecule has 3 rings (SSSR count). The Labute approximate surface area is 182 Å². The summed E-state index contributed by atoms with van der Waals surface area (Å²) in [5.74, 6) is 0.129. The predicted molar refractivity (Wildman–Crippen MR) is 132 cm³/mol. The van der Waals surface area contributed by atoms with Crippen LogP contribution in [0.25, 0.3) is 21.5 Å². The maximum atomic E-state index is 12.1. The molecule has 30 heavy (non-hydrogen) atoms. The van der Waals surface area contributed by atoms with E-state index in [4.69, 9.17) is 0 Å². The van der Waals surface area contributed by atoms with Crippen LogP contribution in [-0.4, -0.2) is 18.9 Å². The summed E-state index contributed by atoms with van der Waals surface area (Å²) in [6.07, 6.45) is 10.3. The molecule has 0 aromatic heterocycles. The number of anilines is 1. The molecule has 3 aromatic carbocycles. The Morgan fingerprint density at radius 3 is 2.07 bits per heavy atom. The number of Topliss-reactive ketones (excluding diaryl/α,β-unsaturated/α-hetero) is 1. The largest absolute Gasteiger partial charge is 0.372 e. The SMILES string of the molecule is CCCCCCN(CCCCCC)c1ccc2cc3cccc(C(C)=O)c3cc2c1. The number of benzene rings is 3. The van der Waals surface area contributed by atoms with Gasteiger partial charge in [-0.25, -0.2) is 0 Å². The lowest BCUT2D eigenvalue weighted by atomic mass is 9.97. The lowest BCUT2D eigenvalue weighted by Crippen LogP contribution is -2.25. The number of carbonyl (C=O) groups is 1. The van der Waals surface area contributed by atoms with Crippen LogP contribution >= 0.6 is 0 Å². The van der Waals surface area contributed by atoms with Gasteiger partial charge in [-0.15, -0.1) is 0 Å². The van der Waals surface area contributed by atoms with Crippen molar-refractivity contribution in [2.45, 2.75) is 72.1 Å². The van der Waals surface area contributed by atoms with E-state index in [-0.39, 0.29) is 5.78 Å². The number of hydrogen-bond donors (Lipinski definition) is 0. The van der Waals surface area contributed by atoms with Crippen molar-refractivity contribution in [2.75, 3.05) is 18.0 Å². The number of hydrogen-bond acceptors (Lipinski definition) is 2. The normalized spacial score (nSPS) is 11.3. The van der Waals surface area contributed by atoms with Crippen LogP contribution in [0.1, 0.15) is 82.5 Å². The number of unbranched alkanes of at least 4 members (excludes halogenated alkanes) is 6. The van der Waals surface area contributed by atoms with Crippen molar-refractivity contribution >= 4 is 33.0 Å². The number of nitrogens with zero attached hydrogens (tertiary/aromatic N) is 1. The second-order valence-corrected chi connectivity index (χ2v) is 8.57. The first-order valence-electron chi connectivity index (χ1n) is 11.9. The van der Waals surface area contributed by atoms with Crippen LogP contribution in [0.3, 0.4) is 0 Å². The van der Waals surface area contributed by atoms with Crippen LogP contribution in [0.15, 0.2) is 48.5 Å². The van der Waals surface area contributed by atoms with Gasteiger partial charge in [0.2, 0.25) is 0 Å². The van der Waals surface area contributed by atoms with E-state index in [2.05, 4.69) is 55.1 Å². The van der Waals surface area contributed by atoms with E-state index >= 15 is 0 Å². The molecule has 2 heteroatoms. The van der Waals surface area contributed by atoms with E-state index in [1.54, 1.807) is 6.92 Å². The van der Waals surface area contributed by atoms with Crippen molar-refractivity contribution in [3.05, 3.63) is 54.1 Å². The first-order chi connectivity index (χ1) is 14.6. The molecular weight excluding hydrogens is 366 g/mol. The van der Waals surface area contributed by atoms with Crippen molar-refractivity contribution < 1.29 is 4.79 Å². The molecule has 2 nitrogen and oxygen atoms in total. The van der Waals surface area contributed by atoms with Gasteiger partial charge in [0, 0.05) is 24.3 Å². The number of fused-ring (bicyclic) bond motifs is 2. The van der Waals surface area contributed by atoms with Crippen LogP contribution in [-0.2, 0) is 0 Å². The van der Waals surface area contributed by atoms with Gasteiger partial charge in [0.05, 0.1) is 0 Å². The Kier molecular flexibility index (Phi) is 8.30. The van der Waals surface area contributed by atoms with Gasteiger partial charge in [0.1, 0.15) is 0 Å². The maximum absolute atomic E-state index is 12.1. The molecule has 0 aliphatic rings. The molecule has 0 aliphatic heterocycles. The fourth-order valence-corrected chi connectivity index (χ4v) is 4.34. The van der Waals surface area contributed by atoms with Gasteiger partial charge in [-0.2, -0.15) is 0 Å². The van der Waals surface area contributed by atoms with E-state index in [0.717, 1.165) is 29.4 Å². The van der Waals surface area contributed by atoms with Crippen LogP contribution in [0.2, 0.25) is 0 Å². The summed E-state index contributed by atoms with van der Waals surface area (Å²) in [4.78, 5) is 14.7. The zero-order valence-electron chi connectivity index (χ0n) is 19.0. The second-order valence-electron chi connectivity index (χ2n) is 8.57. The number of rotatable bonds is 12. The minimum Gasteiger partial charge on any atom is -0.372 e. The fraction of sp³-hybridized carbons (Fsp3) is 0.464. The van der Waals surface area contributed by atoms with E-state index < -0.39 is 0 Å². The molecule has 0 heterocycles. The minimum atomic E-state index is 0.129. The lowest BCUT2D eigenvalue weighted by molar-refractivity contribution is 0.101. The maximum Gasteiger partial charge on any atom is 0.160 e. The van der Waals surface area contributed by atoms with Crippen LogP contribution in [0.5, 0.6) is 0 Å². The molecule has 0 saturated heterocycles. The van der Waals surface area contributed by atoms with Gasteiger partial charge < -0.3 is 4.90 Å². The Bertz CT molecular complexity index is 963. The second kappa shape index (κ2) is 11.2. The molecule has 0 aliphatic carbocycles. The van der Waals surface area contributed by atoms with E-state index in [0.29, 0.717) is 0 Å². The molecule has 160 valence electrons. The molecule has 3 aromatic rings. The summed E-state index contributed by atoms with van der Waals surface area (Å²) in [5, 5.41) is 4.66. The molecule has 0 unspecified atom stereocenters. The third-order valence-corrected chi connectivity index (χ3v) is 6.13. The zero-order chi connectivity index (χ0) is 21.3. The average Bonchev–Trinajstić information content (AvgIpc) is 2.75. The van der Waals surface area contributed by atoms with E-state index in [1.807, 2.05) is 12.1 Å². The summed E-state index contributed by atoms with van der Waals surface area (Å²) in [6, 6.07) is 17.3. The Balaban J connectivity index is 1.90. The highest BCUT2D eigenvalue weighted by molar-refractivity contribution is 6.10. The number of ketones is 1. The quantitative estimate of drug-likeness (QED) is 0.173. The molecule has 0 N–H and O–H groups in total. The molecule has 0 atom stereocenters. The van der Waals surface area contributed by atoms with Gasteiger partial charge in [-0.05, 0) is 65.6 Å². The first-order valence-corrected chi connectivity index (χ1v) is 11.9. The fourth-order valence-electron chi connectivity index (χ4n) is 4.34. The molecule has 0 saturated carbocycles. The summed E-state index contributed by atoms with van der Waals surface area (Å²) in [6.45, 7) is 8.45. The van der Waals surface area contributed by atoms with Gasteiger partial charge in [-0.1, -0.05) is 76.6 Å². The Morgan fingerprint density at radius 1 is 0.733 bits per heavy atom. The summed E-state index contributed by atoms with van der Waals surface area (Å²) < 4.78 is 0. The van der Waals surface area contributed by atoms with Crippen molar-refractivity contribution in [1.29, 1.82) is 0 Å². The van der Waals surface area contributed by atoms with Crippen LogP contribution in [0, 0.1) is 0 Å². The Hall–Kier alpha value is -2.35. The third kappa shape index (κ3) is 5.62. The van der Waals surface area contributed by atoms with Crippen molar-refractivity contribution in [2.24, 2.45) is 0 Å². The standard InChI is InChI=1S/C28H37NO/c1-4-6-8-10-17-29(18-11-9-7-5-2)26-16-15-23-19-24-13-12-14-27(22(3)30)28(24)21-25(23)20-26/h12-16,19-21H,4-11,17-18H2,1-3H3. The van der Waals surface area contributed by atoms with Gasteiger partial charge in [0.15, 0.2) is 5.78 Å². The van der Waals surface area contributed by atoms with Crippen LogP contribution in [0.4, 0.5) is 5.69 Å². The highest BCUT2D eigenvalue weighted by Crippen LogP contribution is 2.29. The Morgan fingerprint density at radius 2 is 1.43 bits per heavy atom. The van der Waals surface area contributed by atoms with Crippen molar-refractivity contribution in [3.63, 3.8) is 0 Å². The highest BCUT2D eigenvalue weighted by Gasteiger charge is 2.10. The number of carbonyl (C=O) groups excluding carboxylic acids is 1. The van der Waals surface area contributed by atoms with Gasteiger partial charge >= 0.3 is 0 Å². The summed E-state index contributed by atoms with van der Waals surface area (Å²) >= 11 is 0. The molecule has 0 bridgehead atoms. The van der Waals surface area contributed by atoms with E-state index in [1.165, 1.54) is 67.8 Å². The smallest absolute Gasteiger partial charge is 0.160 e. The molecule has 0 fully saturated rings. The van der Waals surface area contributed by atoms with Crippen molar-refractivity contribution in [3.8, 4) is 0 Å². The topological polar surface area (TPSA) is 20.3 Å². The highest BCUT2D eigenvalue weighted by atomic mass is 16.1. The molecular formula is C28H37NO. The zero-order valence-corrected chi connectivity index (χ0v) is 19.0.